The highest BCUT2D eigenvalue weighted by Crippen LogP contribution is 2.36. The Morgan fingerprint density at radius 2 is 1.75 bits per heavy atom. The minimum atomic E-state index is 0.385. The lowest BCUT2D eigenvalue weighted by atomic mass is 9.79. The van der Waals surface area contributed by atoms with Gasteiger partial charge in [-0.15, -0.1) is 0 Å². The van der Waals surface area contributed by atoms with E-state index in [1.807, 2.05) is 0 Å². The van der Waals surface area contributed by atoms with E-state index in [0.29, 0.717) is 17.9 Å². The Morgan fingerprint density at radius 1 is 1.10 bits per heavy atom. The normalized spacial score (nSPS) is 25.5. The van der Waals surface area contributed by atoms with Crippen LogP contribution in [0, 0.1) is 11.3 Å². The summed E-state index contributed by atoms with van der Waals surface area (Å²) in [4.78, 5) is 2.68. The van der Waals surface area contributed by atoms with Crippen LogP contribution in [-0.4, -0.2) is 49.3 Å². The lowest BCUT2D eigenvalue weighted by Crippen LogP contribution is -2.46. The van der Waals surface area contributed by atoms with Crippen molar-refractivity contribution < 1.29 is 5.11 Å². The van der Waals surface area contributed by atoms with Gasteiger partial charge in [0.15, 0.2) is 0 Å². The van der Waals surface area contributed by atoms with E-state index in [9.17, 15) is 5.11 Å². The third-order valence-electron chi connectivity index (χ3n) is 5.44. The molecule has 1 aliphatic heterocycles. The zero-order chi connectivity index (χ0) is 14.3. The van der Waals surface area contributed by atoms with Crippen LogP contribution in [0.5, 0.6) is 0 Å². The second kappa shape index (κ2) is 8.35. The highest BCUT2D eigenvalue weighted by Gasteiger charge is 2.33. The van der Waals surface area contributed by atoms with Crippen LogP contribution in [0.25, 0.3) is 0 Å². The van der Waals surface area contributed by atoms with Crippen molar-refractivity contribution in [2.45, 2.75) is 58.3 Å². The van der Waals surface area contributed by atoms with Crippen molar-refractivity contribution in [2.75, 3.05) is 39.3 Å². The maximum absolute atomic E-state index is 9.27. The minimum Gasteiger partial charge on any atom is -0.396 e. The van der Waals surface area contributed by atoms with E-state index >= 15 is 0 Å². The molecule has 118 valence electrons. The van der Waals surface area contributed by atoms with Crippen LogP contribution in [0.4, 0.5) is 0 Å². The Hall–Kier alpha value is -0.120. The molecule has 2 aliphatic rings. The molecule has 0 spiro atoms. The molecule has 1 saturated heterocycles. The lowest BCUT2D eigenvalue weighted by Gasteiger charge is -2.41. The molecule has 0 aromatic carbocycles. The third-order valence-corrected chi connectivity index (χ3v) is 5.44. The predicted octanol–water partition coefficient (Wildman–Crippen LogP) is 2.64. The number of hydrogen-bond donors (Lipinski definition) is 2. The molecule has 2 rings (SSSR count). The molecule has 0 bridgehead atoms. The number of nitrogens with zero attached hydrogens (tertiary/aromatic N) is 1. The van der Waals surface area contributed by atoms with E-state index in [0.717, 1.165) is 6.54 Å². The van der Waals surface area contributed by atoms with Gasteiger partial charge in [0.25, 0.3) is 0 Å². The summed E-state index contributed by atoms with van der Waals surface area (Å²) >= 11 is 0. The molecule has 0 amide bonds. The molecule has 0 aromatic rings. The summed E-state index contributed by atoms with van der Waals surface area (Å²) in [6.07, 6.45) is 10.9. The van der Waals surface area contributed by atoms with Gasteiger partial charge in [-0.1, -0.05) is 32.6 Å². The molecule has 2 N–H and O–H groups in total. The molecular weight excluding hydrogens is 248 g/mol. The second-order valence-corrected chi connectivity index (χ2v) is 7.10. The van der Waals surface area contributed by atoms with Gasteiger partial charge in [-0.05, 0) is 56.7 Å². The Morgan fingerprint density at radius 3 is 2.30 bits per heavy atom. The first kappa shape index (κ1) is 16.3. The van der Waals surface area contributed by atoms with Crippen LogP contribution in [0.2, 0.25) is 0 Å². The van der Waals surface area contributed by atoms with Crippen molar-refractivity contribution in [3.63, 3.8) is 0 Å². The number of aliphatic hydroxyl groups is 1. The summed E-state index contributed by atoms with van der Waals surface area (Å²) in [5.41, 5.74) is 0.512. The molecule has 0 unspecified atom stereocenters. The van der Waals surface area contributed by atoms with Crippen molar-refractivity contribution in [2.24, 2.45) is 11.3 Å². The fraction of sp³-hybridized carbons (Fsp3) is 1.00. The highest BCUT2D eigenvalue weighted by atomic mass is 16.3. The van der Waals surface area contributed by atoms with Gasteiger partial charge < -0.3 is 15.3 Å². The molecule has 0 atom stereocenters. The Balaban J connectivity index is 1.89. The molecule has 0 radical (unpaired) electrons. The van der Waals surface area contributed by atoms with Crippen LogP contribution < -0.4 is 5.32 Å². The molecular formula is C17H34N2O. The summed E-state index contributed by atoms with van der Waals surface area (Å²) in [7, 11) is 0. The second-order valence-electron chi connectivity index (χ2n) is 7.10. The number of likely N-dealkylation sites (tertiary alicyclic amines) is 1. The number of hydrogen-bond acceptors (Lipinski definition) is 3. The molecule has 3 heteroatoms. The van der Waals surface area contributed by atoms with Gasteiger partial charge >= 0.3 is 0 Å². The van der Waals surface area contributed by atoms with Crippen LogP contribution in [0.3, 0.4) is 0 Å². The van der Waals surface area contributed by atoms with Crippen molar-refractivity contribution in [3.05, 3.63) is 0 Å². The number of nitrogens with one attached hydrogen (secondary N) is 1. The van der Waals surface area contributed by atoms with E-state index in [1.165, 1.54) is 77.5 Å². The van der Waals surface area contributed by atoms with Gasteiger partial charge in [0.05, 0.1) is 0 Å². The predicted molar refractivity (Wildman–Crippen MR) is 84.9 cm³/mol. The van der Waals surface area contributed by atoms with E-state index < -0.39 is 0 Å². The van der Waals surface area contributed by atoms with Crippen LogP contribution in [0.15, 0.2) is 0 Å². The largest absolute Gasteiger partial charge is 0.396 e. The van der Waals surface area contributed by atoms with E-state index in [-0.39, 0.29) is 0 Å². The molecule has 20 heavy (non-hydrogen) atoms. The minimum absolute atomic E-state index is 0.385. The van der Waals surface area contributed by atoms with Gasteiger partial charge in [0.1, 0.15) is 0 Å². The van der Waals surface area contributed by atoms with Crippen LogP contribution >= 0.6 is 0 Å². The first-order valence-electron chi connectivity index (χ1n) is 8.82. The maximum atomic E-state index is 9.27. The monoisotopic (exact) mass is 282 g/mol. The average Bonchev–Trinajstić information content (AvgIpc) is 2.72. The molecule has 1 saturated carbocycles. The van der Waals surface area contributed by atoms with E-state index in [4.69, 9.17) is 0 Å². The highest BCUT2D eigenvalue weighted by molar-refractivity contribution is 4.88. The summed E-state index contributed by atoms with van der Waals surface area (Å²) in [6.45, 7) is 8.56. The molecule has 1 heterocycles. The van der Waals surface area contributed by atoms with Gasteiger partial charge in [-0.2, -0.15) is 0 Å². The molecule has 2 fully saturated rings. The SMILES string of the molecule is CCNCC1(CN2CCC(CO)CC2)CCCCCC1. The average molecular weight is 282 g/mol. The van der Waals surface area contributed by atoms with Gasteiger partial charge in [-0.3, -0.25) is 0 Å². The van der Waals surface area contributed by atoms with Gasteiger partial charge in [0.2, 0.25) is 0 Å². The first-order valence-corrected chi connectivity index (χ1v) is 8.82. The third kappa shape index (κ3) is 4.71. The van der Waals surface area contributed by atoms with Crippen LogP contribution in [-0.2, 0) is 0 Å². The summed E-state index contributed by atoms with van der Waals surface area (Å²) in [6, 6.07) is 0. The number of aliphatic hydroxyl groups excluding tert-OH is 1. The number of rotatable bonds is 6. The fourth-order valence-corrected chi connectivity index (χ4v) is 4.06. The standard InChI is InChI=1S/C17H34N2O/c1-2-18-14-17(9-5-3-4-6-10-17)15-19-11-7-16(13-20)8-12-19/h16,18,20H,2-15H2,1H3. The molecule has 0 aromatic heterocycles. The lowest BCUT2D eigenvalue weighted by molar-refractivity contribution is 0.0790. The summed E-state index contributed by atoms with van der Waals surface area (Å²) in [5, 5.41) is 12.9. The smallest absolute Gasteiger partial charge is 0.0460 e. The maximum Gasteiger partial charge on any atom is 0.0460 e. The summed E-state index contributed by atoms with van der Waals surface area (Å²) in [5.74, 6) is 0.560. The zero-order valence-corrected chi connectivity index (χ0v) is 13.4. The Bertz CT molecular complexity index is 254. The van der Waals surface area contributed by atoms with Gasteiger partial charge in [-0.25, -0.2) is 0 Å². The Kier molecular flexibility index (Phi) is 6.79. The fourth-order valence-electron chi connectivity index (χ4n) is 4.06. The Labute approximate surface area is 125 Å². The summed E-state index contributed by atoms with van der Waals surface area (Å²) < 4.78 is 0. The topological polar surface area (TPSA) is 35.5 Å². The quantitative estimate of drug-likeness (QED) is 0.735. The number of piperidine rings is 1. The van der Waals surface area contributed by atoms with Crippen molar-refractivity contribution in [1.29, 1.82) is 0 Å². The van der Waals surface area contributed by atoms with Crippen LogP contribution in [0.1, 0.15) is 58.3 Å². The van der Waals surface area contributed by atoms with Gasteiger partial charge in [0, 0.05) is 19.7 Å². The first-order chi connectivity index (χ1) is 9.78. The van der Waals surface area contributed by atoms with Crippen molar-refractivity contribution in [3.8, 4) is 0 Å². The molecule has 3 nitrogen and oxygen atoms in total. The zero-order valence-electron chi connectivity index (χ0n) is 13.4. The van der Waals surface area contributed by atoms with E-state index in [2.05, 4.69) is 17.1 Å². The van der Waals surface area contributed by atoms with Crippen molar-refractivity contribution >= 4 is 0 Å². The van der Waals surface area contributed by atoms with E-state index in [1.54, 1.807) is 0 Å². The van der Waals surface area contributed by atoms with Crippen molar-refractivity contribution in [1.82, 2.24) is 10.2 Å². The molecule has 1 aliphatic carbocycles.